The summed E-state index contributed by atoms with van der Waals surface area (Å²) in [6, 6.07) is 2.32. The molecule has 1 aliphatic rings. The van der Waals surface area contributed by atoms with Crippen molar-refractivity contribution >= 4 is 53.1 Å². The van der Waals surface area contributed by atoms with Gasteiger partial charge in [0.1, 0.15) is 5.15 Å². The first-order valence-electron chi connectivity index (χ1n) is 5.14. The molecular formula is C10H15Cl2IN4. The van der Waals surface area contributed by atoms with E-state index in [1.165, 1.54) is 12.8 Å². The van der Waals surface area contributed by atoms with Gasteiger partial charge < -0.3 is 15.6 Å². The first-order valence-corrected chi connectivity index (χ1v) is 5.89. The van der Waals surface area contributed by atoms with E-state index in [9.17, 15) is 0 Å². The topological polar surface area (TPSA) is 55.3 Å². The molecule has 4 nitrogen and oxygen atoms in total. The van der Waals surface area contributed by atoms with Gasteiger partial charge in [-0.3, -0.25) is 0 Å². The highest BCUT2D eigenvalue weighted by molar-refractivity contribution is 14.0. The molecule has 0 atom stereocenters. The number of hydrogen-bond donors (Lipinski definition) is 2. The van der Waals surface area contributed by atoms with Gasteiger partial charge in [-0.05, 0) is 18.9 Å². The first kappa shape index (κ1) is 14.9. The molecule has 2 rings (SSSR count). The van der Waals surface area contributed by atoms with Gasteiger partial charge in [-0.2, -0.15) is 0 Å². The van der Waals surface area contributed by atoms with Gasteiger partial charge in [0.05, 0.1) is 11.6 Å². The smallest absolute Gasteiger partial charge is 0.189 e. The molecule has 0 saturated heterocycles. The van der Waals surface area contributed by atoms with E-state index in [-0.39, 0.29) is 24.0 Å². The fraction of sp³-hybridized carbons (Fsp3) is 0.500. The van der Waals surface area contributed by atoms with Gasteiger partial charge in [-0.1, -0.05) is 23.2 Å². The Morgan fingerprint density at radius 3 is 2.71 bits per heavy atom. The van der Waals surface area contributed by atoms with E-state index in [1.54, 1.807) is 10.6 Å². The molecular weight excluding hydrogens is 374 g/mol. The van der Waals surface area contributed by atoms with Crippen molar-refractivity contribution < 1.29 is 0 Å². The van der Waals surface area contributed by atoms with Crippen molar-refractivity contribution in [1.82, 2.24) is 9.88 Å². The van der Waals surface area contributed by atoms with Crippen molar-refractivity contribution in [2.45, 2.75) is 25.4 Å². The summed E-state index contributed by atoms with van der Waals surface area (Å²) in [6.45, 7) is 0.481. The summed E-state index contributed by atoms with van der Waals surface area (Å²) in [5.41, 5.74) is 6.66. The summed E-state index contributed by atoms with van der Waals surface area (Å²) in [5.74, 6) is 0.482. The third-order valence-electron chi connectivity index (χ3n) is 2.56. The molecule has 96 valence electrons. The van der Waals surface area contributed by atoms with Crippen LogP contribution >= 0.6 is 47.2 Å². The van der Waals surface area contributed by atoms with Crippen molar-refractivity contribution in [3.8, 4) is 0 Å². The van der Waals surface area contributed by atoms with Crippen LogP contribution in [-0.2, 0) is 13.6 Å². The fourth-order valence-corrected chi connectivity index (χ4v) is 1.81. The molecule has 1 fully saturated rings. The third-order valence-corrected chi connectivity index (χ3v) is 3.40. The maximum atomic E-state index is 5.94. The predicted octanol–water partition coefficient (Wildman–Crippen LogP) is 2.52. The lowest BCUT2D eigenvalue weighted by atomic mass is 10.4. The van der Waals surface area contributed by atoms with Crippen molar-refractivity contribution in [3.63, 3.8) is 0 Å². The first-order chi connectivity index (χ1) is 7.58. The summed E-state index contributed by atoms with van der Waals surface area (Å²) in [5, 5.41) is 4.19. The Hall–Kier alpha value is -0.140. The fourth-order valence-electron chi connectivity index (χ4n) is 1.39. The number of nitrogens with one attached hydrogen (secondary N) is 1. The molecule has 0 aromatic carbocycles. The molecule has 1 aromatic rings. The van der Waals surface area contributed by atoms with Gasteiger partial charge >= 0.3 is 0 Å². The molecule has 0 aliphatic heterocycles. The van der Waals surface area contributed by atoms with Gasteiger partial charge in [-0.25, -0.2) is 4.99 Å². The monoisotopic (exact) mass is 388 g/mol. The SMILES string of the molecule is Cn1c(CN=C(N)NC2CC2)cc(Cl)c1Cl.I. The normalized spacial score (nSPS) is 15.6. The third kappa shape index (κ3) is 3.93. The number of halogens is 3. The second-order valence-electron chi connectivity index (χ2n) is 3.95. The summed E-state index contributed by atoms with van der Waals surface area (Å²) in [4.78, 5) is 4.24. The summed E-state index contributed by atoms with van der Waals surface area (Å²) in [7, 11) is 1.85. The number of nitrogens with two attached hydrogens (primary N) is 1. The summed E-state index contributed by atoms with van der Waals surface area (Å²) >= 11 is 11.8. The van der Waals surface area contributed by atoms with Crippen LogP contribution in [0.5, 0.6) is 0 Å². The molecule has 3 N–H and O–H groups in total. The Kier molecular flexibility index (Phi) is 5.40. The van der Waals surface area contributed by atoms with Crippen LogP contribution in [0.4, 0.5) is 0 Å². The van der Waals surface area contributed by atoms with E-state index in [2.05, 4.69) is 10.3 Å². The molecule has 0 amide bonds. The lowest BCUT2D eigenvalue weighted by Crippen LogP contribution is -2.33. The van der Waals surface area contributed by atoms with Crippen LogP contribution in [0.1, 0.15) is 18.5 Å². The van der Waals surface area contributed by atoms with Gasteiger partial charge in [0, 0.05) is 18.8 Å². The van der Waals surface area contributed by atoms with E-state index in [0.717, 1.165) is 5.69 Å². The highest BCUT2D eigenvalue weighted by Crippen LogP contribution is 2.25. The average Bonchev–Trinajstić information content (AvgIpc) is 3.01. The minimum Gasteiger partial charge on any atom is -0.370 e. The zero-order valence-electron chi connectivity index (χ0n) is 9.41. The molecule has 0 bridgehead atoms. The van der Waals surface area contributed by atoms with E-state index in [0.29, 0.717) is 28.7 Å². The van der Waals surface area contributed by atoms with Crippen LogP contribution in [0.15, 0.2) is 11.1 Å². The standard InChI is InChI=1S/C10H14Cl2N4.HI/c1-16-7(4-8(11)9(16)12)5-14-10(13)15-6-2-3-6;/h4,6H,2-3,5H2,1H3,(H3,13,14,15);1H. The lowest BCUT2D eigenvalue weighted by molar-refractivity contribution is 0.812. The van der Waals surface area contributed by atoms with Crippen molar-refractivity contribution in [3.05, 3.63) is 21.9 Å². The molecule has 0 spiro atoms. The van der Waals surface area contributed by atoms with Gasteiger partial charge in [0.2, 0.25) is 0 Å². The quantitative estimate of drug-likeness (QED) is 0.475. The minimum absolute atomic E-state index is 0. The van der Waals surface area contributed by atoms with E-state index in [1.807, 2.05) is 7.05 Å². The Morgan fingerprint density at radius 1 is 1.59 bits per heavy atom. The summed E-state index contributed by atoms with van der Waals surface area (Å²) < 4.78 is 1.80. The number of guanidine groups is 1. The Balaban J connectivity index is 0.00000144. The molecule has 0 radical (unpaired) electrons. The summed E-state index contributed by atoms with van der Waals surface area (Å²) in [6.07, 6.45) is 2.36. The zero-order chi connectivity index (χ0) is 11.7. The largest absolute Gasteiger partial charge is 0.370 e. The minimum atomic E-state index is 0. The van der Waals surface area contributed by atoms with E-state index < -0.39 is 0 Å². The molecule has 7 heteroatoms. The molecule has 1 aromatic heterocycles. The Bertz CT molecular complexity index is 426. The second-order valence-corrected chi connectivity index (χ2v) is 4.72. The van der Waals surface area contributed by atoms with Crippen LogP contribution in [0.3, 0.4) is 0 Å². The molecule has 1 saturated carbocycles. The maximum absolute atomic E-state index is 5.94. The van der Waals surface area contributed by atoms with Gasteiger partial charge in [0.25, 0.3) is 0 Å². The molecule has 1 heterocycles. The van der Waals surface area contributed by atoms with Crippen LogP contribution < -0.4 is 11.1 Å². The number of hydrogen-bond acceptors (Lipinski definition) is 1. The van der Waals surface area contributed by atoms with Crippen LogP contribution in [0, 0.1) is 0 Å². The van der Waals surface area contributed by atoms with Crippen molar-refractivity contribution in [2.24, 2.45) is 17.8 Å². The number of rotatable bonds is 3. The number of aromatic nitrogens is 1. The average molecular weight is 389 g/mol. The maximum Gasteiger partial charge on any atom is 0.189 e. The van der Waals surface area contributed by atoms with Crippen molar-refractivity contribution in [1.29, 1.82) is 0 Å². The van der Waals surface area contributed by atoms with Crippen LogP contribution in [-0.4, -0.2) is 16.6 Å². The van der Waals surface area contributed by atoms with E-state index >= 15 is 0 Å². The zero-order valence-corrected chi connectivity index (χ0v) is 13.3. The molecule has 0 unspecified atom stereocenters. The number of nitrogens with zero attached hydrogens (tertiary/aromatic N) is 2. The predicted molar refractivity (Wildman–Crippen MR) is 82.3 cm³/mol. The molecule has 17 heavy (non-hydrogen) atoms. The Labute approximate surface area is 128 Å². The second kappa shape index (κ2) is 6.15. The van der Waals surface area contributed by atoms with Gasteiger partial charge in [-0.15, -0.1) is 24.0 Å². The Morgan fingerprint density at radius 2 is 2.24 bits per heavy atom. The number of aliphatic imine (C=N–C) groups is 1. The lowest BCUT2D eigenvalue weighted by Gasteiger charge is -2.04. The van der Waals surface area contributed by atoms with Crippen LogP contribution in [0.2, 0.25) is 10.2 Å². The highest BCUT2D eigenvalue weighted by atomic mass is 127. The highest BCUT2D eigenvalue weighted by Gasteiger charge is 2.21. The van der Waals surface area contributed by atoms with Crippen molar-refractivity contribution in [2.75, 3.05) is 0 Å². The van der Waals surface area contributed by atoms with E-state index in [4.69, 9.17) is 28.9 Å². The molecule has 1 aliphatic carbocycles. The van der Waals surface area contributed by atoms with Gasteiger partial charge in [0.15, 0.2) is 5.96 Å². The van der Waals surface area contributed by atoms with Crippen LogP contribution in [0.25, 0.3) is 0 Å².